The fraction of sp³-hybridized carbons (Fsp3) is 0.444. The average molecular weight is 177 g/mol. The lowest BCUT2D eigenvalue weighted by molar-refractivity contribution is -0.114. The van der Waals surface area contributed by atoms with Crippen molar-refractivity contribution in [1.82, 2.24) is 0 Å². The highest BCUT2D eigenvalue weighted by Crippen LogP contribution is 2.05. The fourth-order valence-corrected chi connectivity index (χ4v) is 0.827. The van der Waals surface area contributed by atoms with E-state index in [1.807, 2.05) is 12.1 Å². The molecule has 0 heterocycles. The Labute approximate surface area is 77.3 Å². The highest BCUT2D eigenvalue weighted by Gasteiger charge is 2.02. The molecule has 0 rings (SSSR count). The third kappa shape index (κ3) is 5.46. The van der Waals surface area contributed by atoms with Gasteiger partial charge in [-0.25, -0.2) is 0 Å². The van der Waals surface area contributed by atoms with Crippen LogP contribution in [-0.4, -0.2) is 5.91 Å². The second-order valence-electron chi connectivity index (χ2n) is 2.45. The number of primary amides is 1. The molecule has 0 atom stereocenters. The van der Waals surface area contributed by atoms with Gasteiger partial charge >= 0.3 is 0 Å². The number of carbonyl (C=O) groups excluding carboxylic acids is 1. The predicted octanol–water partition coefficient (Wildman–Crippen LogP) is 1.01. The Morgan fingerprint density at radius 3 is 2.38 bits per heavy atom. The van der Waals surface area contributed by atoms with Crippen molar-refractivity contribution in [3.05, 3.63) is 11.6 Å². The van der Waals surface area contributed by atoms with Crippen LogP contribution in [0.1, 0.15) is 25.7 Å². The first-order valence-electron chi connectivity index (χ1n) is 3.95. The minimum atomic E-state index is -0.506. The molecule has 0 saturated heterocycles. The van der Waals surface area contributed by atoms with E-state index in [2.05, 4.69) is 0 Å². The molecule has 0 aliphatic carbocycles. The number of nitriles is 2. The van der Waals surface area contributed by atoms with E-state index in [1.54, 1.807) is 6.08 Å². The van der Waals surface area contributed by atoms with Crippen LogP contribution in [0.2, 0.25) is 0 Å². The van der Waals surface area contributed by atoms with Crippen LogP contribution < -0.4 is 5.73 Å². The molecule has 0 spiro atoms. The molecule has 68 valence electrons. The van der Waals surface area contributed by atoms with Gasteiger partial charge < -0.3 is 5.73 Å². The number of rotatable bonds is 5. The second-order valence-corrected chi connectivity index (χ2v) is 2.45. The molecule has 0 unspecified atom stereocenters. The van der Waals surface area contributed by atoms with Crippen molar-refractivity contribution in [2.75, 3.05) is 0 Å². The summed E-state index contributed by atoms with van der Waals surface area (Å²) in [5, 5.41) is 16.5. The van der Waals surface area contributed by atoms with Crippen molar-refractivity contribution in [3.8, 4) is 12.1 Å². The maximum Gasteiger partial charge on any atom is 0.244 e. The maximum absolute atomic E-state index is 10.8. The van der Waals surface area contributed by atoms with E-state index in [0.717, 1.165) is 0 Å². The Kier molecular flexibility index (Phi) is 5.92. The molecule has 1 amide bonds. The zero-order valence-electron chi connectivity index (χ0n) is 7.29. The van der Waals surface area contributed by atoms with E-state index in [-0.39, 0.29) is 6.42 Å². The summed E-state index contributed by atoms with van der Waals surface area (Å²) in [7, 11) is 0. The van der Waals surface area contributed by atoms with Crippen LogP contribution in [0.4, 0.5) is 0 Å². The van der Waals surface area contributed by atoms with E-state index in [0.29, 0.717) is 24.8 Å². The van der Waals surface area contributed by atoms with Gasteiger partial charge in [-0.15, -0.1) is 0 Å². The standard InChI is InChI=1S/C9H11N3O/c10-6-2-1-4-8(9(12)13)5-3-7-11/h4H,1-3,5H2,(H2,12,13). The lowest BCUT2D eigenvalue weighted by Gasteiger charge is -1.97. The molecule has 0 saturated carbocycles. The highest BCUT2D eigenvalue weighted by atomic mass is 16.1. The third-order valence-corrected chi connectivity index (χ3v) is 1.47. The van der Waals surface area contributed by atoms with E-state index in [1.165, 1.54) is 0 Å². The summed E-state index contributed by atoms with van der Waals surface area (Å²) in [6.45, 7) is 0. The number of hydrogen-bond acceptors (Lipinski definition) is 3. The van der Waals surface area contributed by atoms with Crippen molar-refractivity contribution in [1.29, 1.82) is 10.5 Å². The molecule has 13 heavy (non-hydrogen) atoms. The van der Waals surface area contributed by atoms with E-state index >= 15 is 0 Å². The lowest BCUT2D eigenvalue weighted by atomic mass is 10.1. The summed E-state index contributed by atoms with van der Waals surface area (Å²) in [6.07, 6.45) is 3.16. The number of nitrogens with two attached hydrogens (primary N) is 1. The van der Waals surface area contributed by atoms with E-state index in [9.17, 15) is 4.79 Å². The molecule has 0 aromatic rings. The molecular formula is C9H11N3O. The Balaban J connectivity index is 4.10. The number of amides is 1. The molecule has 0 aromatic heterocycles. The summed E-state index contributed by atoms with van der Waals surface area (Å²) in [4.78, 5) is 10.8. The highest BCUT2D eigenvalue weighted by molar-refractivity contribution is 5.91. The Bertz CT molecular complexity index is 280. The van der Waals surface area contributed by atoms with Crippen LogP contribution in [0.5, 0.6) is 0 Å². The molecule has 0 aromatic carbocycles. The van der Waals surface area contributed by atoms with Crippen LogP contribution >= 0.6 is 0 Å². The van der Waals surface area contributed by atoms with Crippen molar-refractivity contribution >= 4 is 5.91 Å². The third-order valence-electron chi connectivity index (χ3n) is 1.47. The van der Waals surface area contributed by atoms with Gasteiger partial charge in [-0.1, -0.05) is 6.08 Å². The van der Waals surface area contributed by atoms with Gasteiger partial charge in [0, 0.05) is 18.4 Å². The topological polar surface area (TPSA) is 90.7 Å². The minimum Gasteiger partial charge on any atom is -0.366 e. The lowest BCUT2D eigenvalue weighted by Crippen LogP contribution is -2.13. The summed E-state index contributed by atoms with van der Waals surface area (Å²) >= 11 is 0. The molecule has 0 radical (unpaired) electrons. The molecule has 0 bridgehead atoms. The van der Waals surface area contributed by atoms with Crippen LogP contribution in [0.3, 0.4) is 0 Å². The predicted molar refractivity (Wildman–Crippen MR) is 47.0 cm³/mol. The minimum absolute atomic E-state index is 0.279. The zero-order valence-corrected chi connectivity index (χ0v) is 7.29. The molecule has 0 aliphatic rings. The average Bonchev–Trinajstić information content (AvgIpc) is 2.10. The molecule has 2 N–H and O–H groups in total. The first-order valence-corrected chi connectivity index (χ1v) is 3.95. The van der Waals surface area contributed by atoms with Crippen molar-refractivity contribution in [2.24, 2.45) is 5.73 Å². The van der Waals surface area contributed by atoms with Gasteiger partial charge in [0.15, 0.2) is 0 Å². The van der Waals surface area contributed by atoms with Crippen molar-refractivity contribution in [3.63, 3.8) is 0 Å². The molecule has 0 aliphatic heterocycles. The molecule has 0 fully saturated rings. The normalized spacial score (nSPS) is 10.2. The Hall–Kier alpha value is -1.81. The number of hydrogen-bond donors (Lipinski definition) is 1. The number of unbranched alkanes of at least 4 members (excludes halogenated alkanes) is 1. The summed E-state index contributed by atoms with van der Waals surface area (Å²) in [6, 6.07) is 3.89. The smallest absolute Gasteiger partial charge is 0.244 e. The van der Waals surface area contributed by atoms with Gasteiger partial charge in [0.1, 0.15) is 0 Å². The number of carbonyl (C=O) groups is 1. The van der Waals surface area contributed by atoms with Gasteiger partial charge in [0.25, 0.3) is 0 Å². The van der Waals surface area contributed by atoms with Gasteiger partial charge in [-0.3, -0.25) is 4.79 Å². The number of allylic oxidation sites excluding steroid dienone is 1. The SMILES string of the molecule is N#CCCC=C(CCC#N)C(N)=O. The van der Waals surface area contributed by atoms with Gasteiger partial charge in [0.05, 0.1) is 12.1 Å². The Morgan fingerprint density at radius 1 is 1.31 bits per heavy atom. The number of nitrogens with zero attached hydrogens (tertiary/aromatic N) is 2. The van der Waals surface area contributed by atoms with Gasteiger partial charge in [0.2, 0.25) is 5.91 Å². The van der Waals surface area contributed by atoms with Crippen molar-refractivity contribution < 1.29 is 4.79 Å². The fourth-order valence-electron chi connectivity index (χ4n) is 0.827. The monoisotopic (exact) mass is 177 g/mol. The van der Waals surface area contributed by atoms with Gasteiger partial charge in [-0.2, -0.15) is 10.5 Å². The van der Waals surface area contributed by atoms with E-state index < -0.39 is 5.91 Å². The van der Waals surface area contributed by atoms with Gasteiger partial charge in [-0.05, 0) is 12.8 Å². The Morgan fingerprint density at radius 2 is 1.92 bits per heavy atom. The van der Waals surface area contributed by atoms with Crippen LogP contribution in [0, 0.1) is 22.7 Å². The van der Waals surface area contributed by atoms with Crippen LogP contribution in [0.25, 0.3) is 0 Å². The second kappa shape index (κ2) is 6.87. The van der Waals surface area contributed by atoms with E-state index in [4.69, 9.17) is 16.3 Å². The summed E-state index contributed by atoms with van der Waals surface area (Å²) in [5.74, 6) is -0.506. The quantitative estimate of drug-likeness (QED) is 0.501. The first-order chi connectivity index (χ1) is 6.22. The molecule has 4 nitrogen and oxygen atoms in total. The summed E-state index contributed by atoms with van der Waals surface area (Å²) in [5.41, 5.74) is 5.50. The van der Waals surface area contributed by atoms with Crippen LogP contribution in [-0.2, 0) is 4.79 Å². The maximum atomic E-state index is 10.8. The van der Waals surface area contributed by atoms with Crippen molar-refractivity contribution in [2.45, 2.75) is 25.7 Å². The summed E-state index contributed by atoms with van der Waals surface area (Å²) < 4.78 is 0. The first kappa shape index (κ1) is 11.2. The largest absolute Gasteiger partial charge is 0.366 e. The molecular weight excluding hydrogens is 166 g/mol. The molecule has 4 heteroatoms. The zero-order chi connectivity index (χ0) is 10.1. The van der Waals surface area contributed by atoms with Crippen LogP contribution in [0.15, 0.2) is 11.6 Å².